The predicted molar refractivity (Wildman–Crippen MR) is 94.8 cm³/mol. The second-order valence-corrected chi connectivity index (χ2v) is 6.94. The van der Waals surface area contributed by atoms with Gasteiger partial charge in [-0.1, -0.05) is 19.1 Å². The highest BCUT2D eigenvalue weighted by atomic mass is 16.2. The second kappa shape index (κ2) is 6.93. The van der Waals surface area contributed by atoms with Crippen molar-refractivity contribution >= 4 is 17.5 Å². The van der Waals surface area contributed by atoms with Crippen LogP contribution in [-0.4, -0.2) is 54.3 Å². The summed E-state index contributed by atoms with van der Waals surface area (Å²) in [6.07, 6.45) is 0.684. The summed E-state index contributed by atoms with van der Waals surface area (Å²) in [6, 6.07) is 5.90. The standard InChI is InChI=1S/C19H27N3O2/c1-4-21-8-10-22(11-9-21)19(24)16-12-15(16)18(23)20-17-7-5-6-13(2)14(17)3/h5-7,15-16H,4,8-12H2,1-3H3,(H,20,23). The van der Waals surface area contributed by atoms with Crippen LogP contribution in [0.1, 0.15) is 24.5 Å². The average Bonchev–Trinajstić information content (AvgIpc) is 3.39. The molecule has 2 atom stereocenters. The van der Waals surface area contributed by atoms with Crippen molar-refractivity contribution in [3.8, 4) is 0 Å². The SMILES string of the molecule is CCN1CCN(C(=O)C2CC2C(=O)Nc2cccc(C)c2C)CC1. The lowest BCUT2D eigenvalue weighted by Gasteiger charge is -2.34. The molecule has 2 unspecified atom stereocenters. The minimum atomic E-state index is -0.165. The summed E-state index contributed by atoms with van der Waals surface area (Å²) in [4.78, 5) is 29.3. The number of amides is 2. The zero-order valence-corrected chi connectivity index (χ0v) is 14.8. The Kier molecular flexibility index (Phi) is 4.90. The number of anilines is 1. The summed E-state index contributed by atoms with van der Waals surface area (Å²) in [5.41, 5.74) is 3.10. The third-order valence-corrected chi connectivity index (χ3v) is 5.44. The smallest absolute Gasteiger partial charge is 0.228 e. The van der Waals surface area contributed by atoms with Gasteiger partial charge in [0.15, 0.2) is 0 Å². The fourth-order valence-corrected chi connectivity index (χ4v) is 3.39. The predicted octanol–water partition coefficient (Wildman–Crippen LogP) is 2.04. The zero-order valence-electron chi connectivity index (χ0n) is 14.8. The van der Waals surface area contributed by atoms with Crippen molar-refractivity contribution in [2.45, 2.75) is 27.2 Å². The van der Waals surface area contributed by atoms with Gasteiger partial charge in [0, 0.05) is 31.9 Å². The molecule has 1 N–H and O–H groups in total. The summed E-state index contributed by atoms with van der Waals surface area (Å²) in [5.74, 6) is -0.147. The van der Waals surface area contributed by atoms with Gasteiger partial charge < -0.3 is 15.1 Å². The Balaban J connectivity index is 1.54. The number of nitrogens with one attached hydrogen (secondary N) is 1. The van der Waals surface area contributed by atoms with Gasteiger partial charge in [-0.15, -0.1) is 0 Å². The maximum Gasteiger partial charge on any atom is 0.228 e. The normalized spacial score (nSPS) is 23.9. The molecule has 2 amide bonds. The van der Waals surface area contributed by atoms with Crippen LogP contribution in [0, 0.1) is 25.7 Å². The second-order valence-electron chi connectivity index (χ2n) is 6.94. The quantitative estimate of drug-likeness (QED) is 0.920. The van der Waals surface area contributed by atoms with E-state index in [4.69, 9.17) is 0 Å². The number of aryl methyl sites for hydroxylation is 1. The summed E-state index contributed by atoms with van der Waals surface area (Å²) in [6.45, 7) is 10.7. The van der Waals surface area contributed by atoms with E-state index in [1.807, 2.05) is 36.9 Å². The van der Waals surface area contributed by atoms with Gasteiger partial charge in [-0.3, -0.25) is 9.59 Å². The molecular weight excluding hydrogens is 302 g/mol. The van der Waals surface area contributed by atoms with E-state index in [0.29, 0.717) is 6.42 Å². The molecule has 1 aliphatic heterocycles. The highest BCUT2D eigenvalue weighted by molar-refractivity contribution is 6.00. The first kappa shape index (κ1) is 17.0. The Morgan fingerprint density at radius 2 is 1.83 bits per heavy atom. The van der Waals surface area contributed by atoms with Crippen molar-refractivity contribution in [1.29, 1.82) is 0 Å². The molecule has 2 fully saturated rings. The van der Waals surface area contributed by atoms with Crippen LogP contribution >= 0.6 is 0 Å². The number of rotatable bonds is 4. The van der Waals surface area contributed by atoms with Crippen molar-refractivity contribution in [2.24, 2.45) is 11.8 Å². The monoisotopic (exact) mass is 329 g/mol. The molecule has 1 aromatic rings. The molecule has 1 saturated carbocycles. The largest absolute Gasteiger partial charge is 0.340 e. The van der Waals surface area contributed by atoms with Crippen LogP contribution in [0.3, 0.4) is 0 Å². The van der Waals surface area contributed by atoms with Crippen LogP contribution in [0.2, 0.25) is 0 Å². The van der Waals surface area contributed by atoms with Gasteiger partial charge in [0.25, 0.3) is 0 Å². The Morgan fingerprint density at radius 3 is 2.50 bits per heavy atom. The van der Waals surface area contributed by atoms with Gasteiger partial charge in [-0.05, 0) is 44.0 Å². The van der Waals surface area contributed by atoms with Gasteiger partial charge in [-0.25, -0.2) is 0 Å². The van der Waals surface area contributed by atoms with Crippen LogP contribution in [-0.2, 0) is 9.59 Å². The van der Waals surface area contributed by atoms with Crippen molar-refractivity contribution in [3.05, 3.63) is 29.3 Å². The number of carbonyl (C=O) groups is 2. The van der Waals surface area contributed by atoms with E-state index in [1.165, 1.54) is 0 Å². The summed E-state index contributed by atoms with van der Waals surface area (Å²) < 4.78 is 0. The number of benzene rings is 1. The molecule has 0 bridgehead atoms. The van der Waals surface area contributed by atoms with Gasteiger partial charge in [0.05, 0.1) is 11.8 Å². The van der Waals surface area contributed by atoms with Crippen molar-refractivity contribution in [1.82, 2.24) is 9.80 Å². The van der Waals surface area contributed by atoms with E-state index in [9.17, 15) is 9.59 Å². The van der Waals surface area contributed by atoms with Crippen molar-refractivity contribution in [2.75, 3.05) is 38.0 Å². The van der Waals surface area contributed by atoms with Gasteiger partial charge in [-0.2, -0.15) is 0 Å². The third kappa shape index (κ3) is 3.46. The Morgan fingerprint density at radius 1 is 1.12 bits per heavy atom. The molecular formula is C19H27N3O2. The molecule has 24 heavy (non-hydrogen) atoms. The van der Waals surface area contributed by atoms with E-state index in [-0.39, 0.29) is 23.7 Å². The maximum absolute atomic E-state index is 12.6. The fourth-order valence-electron chi connectivity index (χ4n) is 3.39. The summed E-state index contributed by atoms with van der Waals surface area (Å²) in [5, 5.41) is 3.00. The molecule has 1 heterocycles. The van der Waals surface area contributed by atoms with E-state index in [2.05, 4.69) is 17.1 Å². The van der Waals surface area contributed by atoms with Crippen molar-refractivity contribution < 1.29 is 9.59 Å². The minimum absolute atomic E-state index is 0.0192. The number of piperazine rings is 1. The number of carbonyl (C=O) groups excluding carboxylic acids is 2. The lowest BCUT2D eigenvalue weighted by Crippen LogP contribution is -2.49. The highest BCUT2D eigenvalue weighted by Crippen LogP contribution is 2.41. The molecule has 5 heteroatoms. The topological polar surface area (TPSA) is 52.7 Å². The van der Waals surface area contributed by atoms with Crippen LogP contribution in [0.25, 0.3) is 0 Å². The van der Waals surface area contributed by atoms with Crippen LogP contribution in [0.15, 0.2) is 18.2 Å². The van der Waals surface area contributed by atoms with Gasteiger partial charge in [0.1, 0.15) is 0 Å². The van der Waals surface area contributed by atoms with E-state index in [0.717, 1.165) is 49.5 Å². The van der Waals surface area contributed by atoms with Crippen LogP contribution < -0.4 is 5.32 Å². The Labute approximate surface area is 144 Å². The molecule has 0 radical (unpaired) electrons. The van der Waals surface area contributed by atoms with Crippen LogP contribution in [0.5, 0.6) is 0 Å². The Hall–Kier alpha value is -1.88. The average molecular weight is 329 g/mol. The maximum atomic E-state index is 12.6. The lowest BCUT2D eigenvalue weighted by molar-refractivity contribution is -0.135. The van der Waals surface area contributed by atoms with Crippen molar-refractivity contribution in [3.63, 3.8) is 0 Å². The third-order valence-electron chi connectivity index (χ3n) is 5.44. The lowest BCUT2D eigenvalue weighted by atomic mass is 10.1. The van der Waals surface area contributed by atoms with Gasteiger partial charge >= 0.3 is 0 Å². The molecule has 1 aliphatic carbocycles. The molecule has 3 rings (SSSR count). The number of likely N-dealkylation sites (N-methyl/N-ethyl adjacent to an activating group) is 1. The Bertz CT molecular complexity index is 635. The van der Waals surface area contributed by atoms with Gasteiger partial charge in [0.2, 0.25) is 11.8 Å². The van der Waals surface area contributed by atoms with E-state index >= 15 is 0 Å². The number of hydrogen-bond donors (Lipinski definition) is 1. The first-order chi connectivity index (χ1) is 11.5. The molecule has 1 saturated heterocycles. The summed E-state index contributed by atoms with van der Waals surface area (Å²) in [7, 11) is 0. The fraction of sp³-hybridized carbons (Fsp3) is 0.579. The molecule has 130 valence electrons. The molecule has 1 aromatic carbocycles. The first-order valence-electron chi connectivity index (χ1n) is 8.89. The van der Waals surface area contributed by atoms with Crippen LogP contribution in [0.4, 0.5) is 5.69 Å². The van der Waals surface area contributed by atoms with E-state index < -0.39 is 0 Å². The minimum Gasteiger partial charge on any atom is -0.340 e. The molecule has 0 spiro atoms. The zero-order chi connectivity index (χ0) is 17.3. The van der Waals surface area contributed by atoms with E-state index in [1.54, 1.807) is 0 Å². The molecule has 0 aromatic heterocycles. The molecule has 2 aliphatic rings. The number of nitrogens with zero attached hydrogens (tertiary/aromatic N) is 2. The summed E-state index contributed by atoms with van der Waals surface area (Å²) >= 11 is 0. The number of hydrogen-bond acceptors (Lipinski definition) is 3. The molecule has 5 nitrogen and oxygen atoms in total. The first-order valence-corrected chi connectivity index (χ1v) is 8.89. The highest BCUT2D eigenvalue weighted by Gasteiger charge is 2.49.